The molecule has 0 bridgehead atoms. The van der Waals surface area contributed by atoms with Gasteiger partial charge in [-0.05, 0) is 37.1 Å². The molecule has 1 saturated carbocycles. The maximum atomic E-state index is 12.1. The molecule has 0 saturated heterocycles. The fraction of sp³-hybridized carbons (Fsp3) is 0.222. The summed E-state index contributed by atoms with van der Waals surface area (Å²) in [5.41, 5.74) is 1.28. The quantitative estimate of drug-likeness (QED) is 0.909. The van der Waals surface area contributed by atoms with E-state index in [0.29, 0.717) is 11.1 Å². The summed E-state index contributed by atoms with van der Waals surface area (Å²) in [7, 11) is 0. The molecule has 22 heavy (non-hydrogen) atoms. The van der Waals surface area contributed by atoms with Crippen LogP contribution in [0.3, 0.4) is 0 Å². The van der Waals surface area contributed by atoms with Crippen LogP contribution in [0.25, 0.3) is 0 Å². The lowest BCUT2D eigenvalue weighted by Gasteiger charge is -2.37. The molecule has 4 heteroatoms. The smallest absolute Gasteiger partial charge is 0.251 e. The third-order valence-corrected chi connectivity index (χ3v) is 3.98. The monoisotopic (exact) mass is 294 g/mol. The normalized spacial score (nSPS) is 19.8. The van der Waals surface area contributed by atoms with Crippen LogP contribution < -0.4 is 10.6 Å². The first-order valence-electron chi connectivity index (χ1n) is 7.46. The minimum atomic E-state index is -0.0933. The van der Waals surface area contributed by atoms with Crippen molar-refractivity contribution in [3.8, 4) is 0 Å². The molecule has 0 spiro atoms. The number of benzene rings is 2. The summed E-state index contributed by atoms with van der Waals surface area (Å²) in [5.74, 6) is -0.187. The van der Waals surface area contributed by atoms with Gasteiger partial charge in [0, 0.05) is 23.2 Å². The van der Waals surface area contributed by atoms with E-state index in [1.165, 1.54) is 0 Å². The van der Waals surface area contributed by atoms with E-state index in [4.69, 9.17) is 0 Å². The van der Waals surface area contributed by atoms with Crippen molar-refractivity contribution in [1.82, 2.24) is 10.6 Å². The van der Waals surface area contributed by atoms with E-state index >= 15 is 0 Å². The summed E-state index contributed by atoms with van der Waals surface area (Å²) in [6.45, 7) is 0. The Kier molecular flexibility index (Phi) is 4.19. The van der Waals surface area contributed by atoms with Crippen LogP contribution in [0.1, 0.15) is 33.6 Å². The predicted molar refractivity (Wildman–Crippen MR) is 84.6 cm³/mol. The molecule has 0 aromatic heterocycles. The van der Waals surface area contributed by atoms with Crippen LogP contribution in [0, 0.1) is 0 Å². The van der Waals surface area contributed by atoms with Crippen LogP contribution in [-0.2, 0) is 0 Å². The Hall–Kier alpha value is -2.62. The van der Waals surface area contributed by atoms with Crippen molar-refractivity contribution in [3.63, 3.8) is 0 Å². The molecule has 2 atom stereocenters. The molecule has 2 N–H and O–H groups in total. The van der Waals surface area contributed by atoms with E-state index in [9.17, 15) is 9.59 Å². The second-order valence-electron chi connectivity index (χ2n) is 5.47. The van der Waals surface area contributed by atoms with Gasteiger partial charge in [-0.25, -0.2) is 0 Å². The number of amides is 2. The van der Waals surface area contributed by atoms with Gasteiger partial charge in [0.2, 0.25) is 0 Å². The first-order chi connectivity index (χ1) is 10.7. The standard InChI is InChI=1S/C18H18N2O2/c21-17(13-7-3-1-4-8-13)19-15-11-12-16(15)20-18(22)14-9-5-2-6-10-14/h1-10,15-16H,11-12H2,(H,19,21)(H,20,22). The average Bonchev–Trinajstić information content (AvgIpc) is 2.57. The van der Waals surface area contributed by atoms with Gasteiger partial charge in [0.15, 0.2) is 0 Å². The van der Waals surface area contributed by atoms with Crippen molar-refractivity contribution >= 4 is 11.8 Å². The molecule has 1 aliphatic rings. The Bertz CT molecular complexity index is 596. The largest absolute Gasteiger partial charge is 0.347 e. The summed E-state index contributed by atoms with van der Waals surface area (Å²) in [4.78, 5) is 24.3. The van der Waals surface area contributed by atoms with Gasteiger partial charge in [0.05, 0.1) is 0 Å². The number of hydrogen-bond donors (Lipinski definition) is 2. The molecule has 3 rings (SSSR count). The van der Waals surface area contributed by atoms with E-state index < -0.39 is 0 Å². The molecule has 2 aromatic rings. The van der Waals surface area contributed by atoms with Crippen LogP contribution in [-0.4, -0.2) is 23.9 Å². The molecule has 2 amide bonds. The molecular weight excluding hydrogens is 276 g/mol. The molecule has 0 heterocycles. The Morgan fingerprint density at radius 2 is 1.05 bits per heavy atom. The fourth-order valence-corrected chi connectivity index (χ4v) is 2.53. The molecule has 0 aliphatic heterocycles. The third kappa shape index (κ3) is 3.17. The summed E-state index contributed by atoms with van der Waals surface area (Å²) in [6, 6.07) is 18.2. The fourth-order valence-electron chi connectivity index (χ4n) is 2.53. The number of carbonyl (C=O) groups excluding carboxylic acids is 2. The first-order valence-corrected chi connectivity index (χ1v) is 7.46. The molecule has 112 valence electrons. The van der Waals surface area contributed by atoms with Gasteiger partial charge in [-0.1, -0.05) is 36.4 Å². The van der Waals surface area contributed by atoms with Gasteiger partial charge in [-0.2, -0.15) is 0 Å². The highest BCUT2D eigenvalue weighted by molar-refractivity contribution is 5.95. The van der Waals surface area contributed by atoms with Crippen molar-refractivity contribution in [3.05, 3.63) is 71.8 Å². The zero-order valence-electron chi connectivity index (χ0n) is 12.2. The van der Waals surface area contributed by atoms with E-state index in [0.717, 1.165) is 12.8 Å². The zero-order chi connectivity index (χ0) is 15.4. The number of rotatable bonds is 4. The maximum absolute atomic E-state index is 12.1. The molecule has 1 aliphatic carbocycles. The lowest BCUT2D eigenvalue weighted by molar-refractivity contribution is 0.0829. The highest BCUT2D eigenvalue weighted by Crippen LogP contribution is 2.21. The number of nitrogens with one attached hydrogen (secondary N) is 2. The van der Waals surface area contributed by atoms with Crippen molar-refractivity contribution in [2.75, 3.05) is 0 Å². The van der Waals surface area contributed by atoms with E-state index in [2.05, 4.69) is 10.6 Å². The van der Waals surface area contributed by atoms with Crippen LogP contribution in [0.4, 0.5) is 0 Å². The maximum Gasteiger partial charge on any atom is 0.251 e. The SMILES string of the molecule is O=C(NC1CCC1NC(=O)c1ccccc1)c1ccccc1. The lowest BCUT2D eigenvalue weighted by Crippen LogP contribution is -2.58. The number of carbonyl (C=O) groups is 2. The van der Waals surface area contributed by atoms with Gasteiger partial charge in [0.1, 0.15) is 0 Å². The Morgan fingerprint density at radius 3 is 1.36 bits per heavy atom. The summed E-state index contributed by atoms with van der Waals surface area (Å²) >= 11 is 0. The van der Waals surface area contributed by atoms with Crippen molar-refractivity contribution in [2.45, 2.75) is 24.9 Å². The topological polar surface area (TPSA) is 58.2 Å². The Balaban J connectivity index is 1.56. The van der Waals surface area contributed by atoms with E-state index in [1.54, 1.807) is 24.3 Å². The predicted octanol–water partition coefficient (Wildman–Crippen LogP) is 2.38. The summed E-state index contributed by atoms with van der Waals surface area (Å²) in [5, 5.41) is 5.97. The molecule has 2 aromatic carbocycles. The second-order valence-corrected chi connectivity index (χ2v) is 5.47. The van der Waals surface area contributed by atoms with Gasteiger partial charge >= 0.3 is 0 Å². The van der Waals surface area contributed by atoms with Crippen molar-refractivity contribution in [1.29, 1.82) is 0 Å². The summed E-state index contributed by atoms with van der Waals surface area (Å²) < 4.78 is 0. The highest BCUT2D eigenvalue weighted by Gasteiger charge is 2.33. The average molecular weight is 294 g/mol. The van der Waals surface area contributed by atoms with Crippen LogP contribution in [0.15, 0.2) is 60.7 Å². The van der Waals surface area contributed by atoms with E-state index in [-0.39, 0.29) is 23.9 Å². The summed E-state index contributed by atoms with van der Waals surface area (Å²) in [6.07, 6.45) is 1.77. The molecule has 0 radical (unpaired) electrons. The first kappa shape index (κ1) is 14.3. The molecular formula is C18H18N2O2. The lowest BCUT2D eigenvalue weighted by atomic mass is 9.86. The van der Waals surface area contributed by atoms with Crippen LogP contribution in [0.5, 0.6) is 0 Å². The highest BCUT2D eigenvalue weighted by atomic mass is 16.2. The minimum absolute atomic E-state index is 0.000341. The van der Waals surface area contributed by atoms with Gasteiger partial charge in [0.25, 0.3) is 11.8 Å². The van der Waals surface area contributed by atoms with Crippen molar-refractivity contribution in [2.24, 2.45) is 0 Å². The number of hydrogen-bond acceptors (Lipinski definition) is 2. The van der Waals surface area contributed by atoms with Crippen LogP contribution in [0.2, 0.25) is 0 Å². The minimum Gasteiger partial charge on any atom is -0.347 e. The molecule has 4 nitrogen and oxygen atoms in total. The molecule has 1 fully saturated rings. The van der Waals surface area contributed by atoms with Gasteiger partial charge in [-0.3, -0.25) is 9.59 Å². The molecule has 2 unspecified atom stereocenters. The zero-order valence-corrected chi connectivity index (χ0v) is 12.2. The Morgan fingerprint density at radius 1 is 0.682 bits per heavy atom. The third-order valence-electron chi connectivity index (χ3n) is 3.98. The van der Waals surface area contributed by atoms with Gasteiger partial charge < -0.3 is 10.6 Å². The van der Waals surface area contributed by atoms with E-state index in [1.807, 2.05) is 36.4 Å². The Labute approximate surface area is 129 Å². The second kappa shape index (κ2) is 6.43. The van der Waals surface area contributed by atoms with Gasteiger partial charge in [-0.15, -0.1) is 0 Å². The van der Waals surface area contributed by atoms with Crippen molar-refractivity contribution < 1.29 is 9.59 Å². The van der Waals surface area contributed by atoms with Crippen LogP contribution >= 0.6 is 0 Å².